The van der Waals surface area contributed by atoms with Gasteiger partial charge in [0.25, 0.3) is 0 Å². The first kappa shape index (κ1) is 16.1. The monoisotopic (exact) mass is 357 g/mol. The number of halogens is 2. The van der Waals surface area contributed by atoms with Crippen LogP contribution in [0.4, 0.5) is 4.39 Å². The third-order valence-electron chi connectivity index (χ3n) is 4.20. The highest BCUT2D eigenvalue weighted by molar-refractivity contribution is 6.30. The number of rotatable bonds is 3. The third-order valence-corrected chi connectivity index (χ3v) is 4.43. The molecule has 0 aliphatic carbocycles. The number of nitrogens with zero attached hydrogens (tertiary/aromatic N) is 3. The van der Waals surface area contributed by atoms with Gasteiger partial charge < -0.3 is 4.74 Å². The van der Waals surface area contributed by atoms with E-state index in [0.717, 1.165) is 36.5 Å². The Bertz CT molecular complexity index is 896. The summed E-state index contributed by atoms with van der Waals surface area (Å²) < 4.78 is 20.9. The highest BCUT2D eigenvalue weighted by atomic mass is 35.5. The molecule has 2 heterocycles. The molecule has 1 aliphatic rings. The molecule has 0 unspecified atom stereocenters. The number of fused-ring (bicyclic) bond motifs is 1. The van der Waals surface area contributed by atoms with Gasteiger partial charge in [0.1, 0.15) is 18.2 Å². The van der Waals surface area contributed by atoms with Crippen molar-refractivity contribution >= 4 is 11.6 Å². The Morgan fingerprint density at radius 2 is 2.12 bits per heavy atom. The second kappa shape index (κ2) is 6.86. The zero-order chi connectivity index (χ0) is 17.2. The molecule has 0 amide bonds. The highest BCUT2D eigenvalue weighted by Gasteiger charge is 2.16. The molecule has 0 N–H and O–H groups in total. The summed E-state index contributed by atoms with van der Waals surface area (Å²) in [4.78, 5) is 2.29. The van der Waals surface area contributed by atoms with Gasteiger partial charge in [-0.2, -0.15) is 5.10 Å². The van der Waals surface area contributed by atoms with Crippen LogP contribution < -0.4 is 4.74 Å². The summed E-state index contributed by atoms with van der Waals surface area (Å²) in [6.45, 7) is 2.95. The van der Waals surface area contributed by atoms with Crippen molar-refractivity contribution in [1.29, 1.82) is 0 Å². The van der Waals surface area contributed by atoms with E-state index in [1.54, 1.807) is 10.7 Å². The first-order valence-electron chi connectivity index (χ1n) is 8.10. The van der Waals surface area contributed by atoms with Gasteiger partial charge in [0.05, 0.1) is 11.9 Å². The van der Waals surface area contributed by atoms with E-state index in [-0.39, 0.29) is 5.82 Å². The van der Waals surface area contributed by atoms with Crippen molar-refractivity contribution in [2.24, 2.45) is 0 Å². The molecule has 4 nitrogen and oxygen atoms in total. The standard InChI is InChI=1S/C19H17ClFN3O/c20-16-4-5-19-15(8-16)13-23(6-7-25-19)11-14-10-22-24(12-14)18-3-1-2-17(21)9-18/h1-5,8-10,12H,6-7,11,13H2. The minimum Gasteiger partial charge on any atom is -0.492 e. The minimum atomic E-state index is -0.271. The average Bonchev–Trinajstić information content (AvgIpc) is 2.96. The van der Waals surface area contributed by atoms with Gasteiger partial charge in [-0.3, -0.25) is 4.90 Å². The zero-order valence-electron chi connectivity index (χ0n) is 13.5. The number of benzene rings is 2. The lowest BCUT2D eigenvalue weighted by Gasteiger charge is -2.18. The first-order chi connectivity index (χ1) is 12.2. The van der Waals surface area contributed by atoms with E-state index in [0.29, 0.717) is 17.3 Å². The molecule has 0 atom stereocenters. The molecule has 1 aromatic heterocycles. The summed E-state index contributed by atoms with van der Waals surface area (Å²) in [5, 5.41) is 5.06. The summed E-state index contributed by atoms with van der Waals surface area (Å²) >= 11 is 6.10. The van der Waals surface area contributed by atoms with Gasteiger partial charge in [-0.05, 0) is 36.4 Å². The van der Waals surface area contributed by atoms with E-state index in [4.69, 9.17) is 16.3 Å². The van der Waals surface area contributed by atoms with Crippen LogP contribution in [0, 0.1) is 5.82 Å². The largest absolute Gasteiger partial charge is 0.492 e. The lowest BCUT2D eigenvalue weighted by Crippen LogP contribution is -2.25. The van der Waals surface area contributed by atoms with Crippen LogP contribution in [0.15, 0.2) is 54.9 Å². The maximum atomic E-state index is 13.4. The van der Waals surface area contributed by atoms with Gasteiger partial charge in [0.2, 0.25) is 0 Å². The van der Waals surface area contributed by atoms with Crippen LogP contribution in [0.3, 0.4) is 0 Å². The molecule has 0 spiro atoms. The quantitative estimate of drug-likeness (QED) is 0.708. The molecule has 25 heavy (non-hydrogen) atoms. The lowest BCUT2D eigenvalue weighted by atomic mass is 10.2. The van der Waals surface area contributed by atoms with Crippen LogP contribution in [0.5, 0.6) is 5.75 Å². The van der Waals surface area contributed by atoms with E-state index in [9.17, 15) is 4.39 Å². The molecule has 0 bridgehead atoms. The Kier molecular flexibility index (Phi) is 4.42. The predicted octanol–water partition coefficient (Wildman–Crippen LogP) is 4.06. The number of hydrogen-bond acceptors (Lipinski definition) is 3. The van der Waals surface area contributed by atoms with Gasteiger partial charge >= 0.3 is 0 Å². The molecule has 3 aromatic rings. The summed E-state index contributed by atoms with van der Waals surface area (Å²) in [5.41, 5.74) is 2.86. The Morgan fingerprint density at radius 3 is 3.00 bits per heavy atom. The fourth-order valence-corrected chi connectivity index (χ4v) is 3.21. The van der Waals surface area contributed by atoms with E-state index in [1.807, 2.05) is 36.7 Å². The van der Waals surface area contributed by atoms with Gasteiger partial charge in [-0.25, -0.2) is 9.07 Å². The number of hydrogen-bond donors (Lipinski definition) is 0. The van der Waals surface area contributed by atoms with Crippen molar-refractivity contribution < 1.29 is 9.13 Å². The molecule has 0 radical (unpaired) electrons. The van der Waals surface area contributed by atoms with Crippen molar-refractivity contribution in [2.75, 3.05) is 13.2 Å². The second-order valence-corrected chi connectivity index (χ2v) is 6.52. The van der Waals surface area contributed by atoms with Crippen LogP contribution in [0.2, 0.25) is 5.02 Å². The van der Waals surface area contributed by atoms with Crippen LogP contribution in [-0.2, 0) is 13.1 Å². The molecule has 0 fully saturated rings. The minimum absolute atomic E-state index is 0.271. The SMILES string of the molecule is Fc1cccc(-n2cc(CN3CCOc4ccc(Cl)cc4C3)cn2)c1. The van der Waals surface area contributed by atoms with Crippen molar-refractivity contribution in [2.45, 2.75) is 13.1 Å². The second-order valence-electron chi connectivity index (χ2n) is 6.08. The predicted molar refractivity (Wildman–Crippen MR) is 94.6 cm³/mol. The highest BCUT2D eigenvalue weighted by Crippen LogP contribution is 2.27. The maximum Gasteiger partial charge on any atom is 0.125 e. The van der Waals surface area contributed by atoms with Gasteiger partial charge in [0, 0.05) is 42.0 Å². The van der Waals surface area contributed by atoms with Gasteiger partial charge in [0.15, 0.2) is 0 Å². The smallest absolute Gasteiger partial charge is 0.125 e. The molecular formula is C19H17ClFN3O. The fraction of sp³-hybridized carbons (Fsp3) is 0.211. The zero-order valence-corrected chi connectivity index (χ0v) is 14.3. The molecule has 6 heteroatoms. The summed E-state index contributed by atoms with van der Waals surface area (Å²) in [6, 6.07) is 12.1. The van der Waals surface area contributed by atoms with Crippen molar-refractivity contribution in [3.05, 3.63) is 76.8 Å². The summed E-state index contributed by atoms with van der Waals surface area (Å²) in [5.74, 6) is 0.620. The molecule has 0 saturated carbocycles. The van der Waals surface area contributed by atoms with Crippen LogP contribution in [-0.4, -0.2) is 27.8 Å². The molecule has 2 aromatic carbocycles. The number of ether oxygens (including phenoxy) is 1. The average molecular weight is 358 g/mol. The van der Waals surface area contributed by atoms with E-state index >= 15 is 0 Å². The van der Waals surface area contributed by atoms with Crippen LogP contribution >= 0.6 is 11.6 Å². The topological polar surface area (TPSA) is 30.3 Å². The van der Waals surface area contributed by atoms with Gasteiger partial charge in [-0.1, -0.05) is 17.7 Å². The lowest BCUT2D eigenvalue weighted by molar-refractivity contribution is 0.219. The van der Waals surface area contributed by atoms with Crippen molar-refractivity contribution in [1.82, 2.24) is 14.7 Å². The molecule has 4 rings (SSSR count). The number of aromatic nitrogens is 2. The van der Waals surface area contributed by atoms with E-state index in [1.165, 1.54) is 12.1 Å². The third kappa shape index (κ3) is 3.67. The Morgan fingerprint density at radius 1 is 1.20 bits per heavy atom. The first-order valence-corrected chi connectivity index (χ1v) is 8.48. The van der Waals surface area contributed by atoms with Crippen LogP contribution in [0.25, 0.3) is 5.69 Å². The Balaban J connectivity index is 1.51. The van der Waals surface area contributed by atoms with Gasteiger partial charge in [-0.15, -0.1) is 0 Å². The molecular weight excluding hydrogens is 341 g/mol. The Hall–Kier alpha value is -2.37. The Labute approximate surface area is 150 Å². The summed E-state index contributed by atoms with van der Waals surface area (Å²) in [7, 11) is 0. The molecule has 1 aliphatic heterocycles. The normalized spacial score (nSPS) is 14.6. The van der Waals surface area contributed by atoms with E-state index in [2.05, 4.69) is 10.00 Å². The van der Waals surface area contributed by atoms with Crippen LogP contribution in [0.1, 0.15) is 11.1 Å². The van der Waals surface area contributed by atoms with Crippen molar-refractivity contribution in [3.63, 3.8) is 0 Å². The maximum absolute atomic E-state index is 13.4. The van der Waals surface area contributed by atoms with E-state index < -0.39 is 0 Å². The van der Waals surface area contributed by atoms with Crippen molar-refractivity contribution in [3.8, 4) is 11.4 Å². The summed E-state index contributed by atoms with van der Waals surface area (Å²) in [6.07, 6.45) is 3.74. The fourth-order valence-electron chi connectivity index (χ4n) is 3.01. The molecule has 0 saturated heterocycles. The molecule has 128 valence electrons.